The van der Waals surface area contributed by atoms with Crippen molar-refractivity contribution in [2.24, 2.45) is 13.0 Å². The third-order valence-electron chi connectivity index (χ3n) is 7.39. The van der Waals surface area contributed by atoms with Crippen LogP contribution in [0.1, 0.15) is 43.8 Å². The van der Waals surface area contributed by atoms with Crippen LogP contribution < -0.4 is 15.0 Å². The topological polar surface area (TPSA) is 88.4 Å². The Kier molecular flexibility index (Phi) is 7.38. The summed E-state index contributed by atoms with van der Waals surface area (Å²) < 4.78 is 7.79. The number of ether oxygens (including phenoxy) is 1. The van der Waals surface area contributed by atoms with Gasteiger partial charge < -0.3 is 19.9 Å². The van der Waals surface area contributed by atoms with E-state index in [0.717, 1.165) is 72.4 Å². The van der Waals surface area contributed by atoms with E-state index in [-0.39, 0.29) is 5.91 Å². The maximum atomic E-state index is 13.9. The highest BCUT2D eigenvalue weighted by Crippen LogP contribution is 2.32. The monoisotopic (exact) mass is 517 g/mol. The summed E-state index contributed by atoms with van der Waals surface area (Å²) in [6.07, 6.45) is 3.48. The molecule has 3 aromatic rings. The molecule has 1 N–H and O–H groups in total. The van der Waals surface area contributed by atoms with Gasteiger partial charge in [0.25, 0.3) is 0 Å². The number of nitrogens with one attached hydrogen (secondary N) is 1. The first-order valence-electron chi connectivity index (χ1n) is 13.6. The number of nitrogens with zero attached hydrogens (tertiary/aromatic N) is 6. The van der Waals surface area contributed by atoms with Crippen molar-refractivity contribution in [1.82, 2.24) is 30.0 Å². The van der Waals surface area contributed by atoms with Gasteiger partial charge in [-0.25, -0.2) is 9.97 Å². The molecule has 2 aliphatic heterocycles. The van der Waals surface area contributed by atoms with Crippen LogP contribution in [0.15, 0.2) is 36.5 Å². The molecule has 0 bridgehead atoms. The first-order valence-corrected chi connectivity index (χ1v) is 13.6. The Bertz CT molecular complexity index is 1270. The second kappa shape index (κ2) is 10.7. The van der Waals surface area contributed by atoms with E-state index >= 15 is 0 Å². The zero-order valence-electron chi connectivity index (χ0n) is 23.2. The molecular formula is C29H39N7O2. The minimum Gasteiger partial charge on any atom is -0.493 e. The van der Waals surface area contributed by atoms with E-state index in [9.17, 15) is 4.79 Å². The second-order valence-electron chi connectivity index (χ2n) is 11.1. The van der Waals surface area contributed by atoms with E-state index in [0.29, 0.717) is 25.6 Å². The van der Waals surface area contributed by atoms with Crippen molar-refractivity contribution in [3.8, 4) is 16.9 Å². The number of anilines is 1. The Morgan fingerprint density at radius 1 is 1.08 bits per heavy atom. The molecular weight excluding hydrogens is 478 g/mol. The minimum absolute atomic E-state index is 0.162. The van der Waals surface area contributed by atoms with Gasteiger partial charge in [-0.1, -0.05) is 26.0 Å². The van der Waals surface area contributed by atoms with Crippen molar-refractivity contribution in [1.29, 1.82) is 0 Å². The van der Waals surface area contributed by atoms with Gasteiger partial charge in [0.1, 0.15) is 11.3 Å². The van der Waals surface area contributed by atoms with Gasteiger partial charge in [-0.2, -0.15) is 5.10 Å². The normalized spacial score (nSPS) is 17.5. The van der Waals surface area contributed by atoms with Crippen LogP contribution in [-0.4, -0.2) is 68.9 Å². The summed E-state index contributed by atoms with van der Waals surface area (Å²) in [4.78, 5) is 27.3. The number of aromatic nitrogens is 4. The first kappa shape index (κ1) is 26.2. The number of carbonyl (C=O) groups is 1. The van der Waals surface area contributed by atoms with Crippen molar-refractivity contribution in [3.05, 3.63) is 53.6 Å². The number of hydrogen-bond acceptors (Lipinski definition) is 7. The van der Waals surface area contributed by atoms with Crippen LogP contribution in [0.5, 0.6) is 5.75 Å². The van der Waals surface area contributed by atoms with Crippen LogP contribution in [0.4, 0.5) is 5.95 Å². The maximum absolute atomic E-state index is 13.9. The highest BCUT2D eigenvalue weighted by molar-refractivity contribution is 5.87. The molecule has 2 aliphatic rings. The Balaban J connectivity index is 1.30. The lowest BCUT2D eigenvalue weighted by molar-refractivity contribution is -0.143. The van der Waals surface area contributed by atoms with Gasteiger partial charge in [0.2, 0.25) is 11.9 Å². The largest absolute Gasteiger partial charge is 0.493 e. The number of piperidine rings is 1. The van der Waals surface area contributed by atoms with Crippen LogP contribution in [0, 0.1) is 19.8 Å². The van der Waals surface area contributed by atoms with Crippen LogP contribution in [-0.2, 0) is 18.4 Å². The molecule has 9 heteroatoms. The fraction of sp³-hybridized carbons (Fsp3) is 0.517. The molecule has 0 saturated carbocycles. The molecule has 1 spiro atoms. The molecule has 5 rings (SSSR count). The van der Waals surface area contributed by atoms with Gasteiger partial charge in [0, 0.05) is 56.4 Å². The van der Waals surface area contributed by atoms with Gasteiger partial charge in [-0.15, -0.1) is 0 Å². The number of carbonyl (C=O) groups excluding carboxylic acids is 1. The number of benzene rings is 1. The summed E-state index contributed by atoms with van der Waals surface area (Å²) in [5, 5.41) is 8.33. The molecule has 38 heavy (non-hydrogen) atoms. The predicted molar refractivity (Wildman–Crippen MR) is 148 cm³/mol. The number of piperazine rings is 1. The van der Waals surface area contributed by atoms with Crippen molar-refractivity contribution < 1.29 is 9.53 Å². The molecule has 2 aromatic heterocycles. The van der Waals surface area contributed by atoms with Crippen LogP contribution in [0.2, 0.25) is 0 Å². The zero-order valence-corrected chi connectivity index (χ0v) is 23.2. The van der Waals surface area contributed by atoms with Crippen LogP contribution in [0.25, 0.3) is 11.1 Å². The Morgan fingerprint density at radius 2 is 1.82 bits per heavy atom. The molecule has 1 aromatic carbocycles. The smallest absolute Gasteiger partial charge is 0.243 e. The van der Waals surface area contributed by atoms with Gasteiger partial charge in [-0.05, 0) is 56.4 Å². The maximum Gasteiger partial charge on any atom is 0.243 e. The molecule has 1 amide bonds. The minimum atomic E-state index is -0.548. The number of rotatable bonds is 7. The molecule has 0 radical (unpaired) electrons. The molecule has 4 heterocycles. The third kappa shape index (κ3) is 5.53. The lowest BCUT2D eigenvalue weighted by atomic mass is 9.84. The van der Waals surface area contributed by atoms with Crippen LogP contribution in [0.3, 0.4) is 0 Å². The molecule has 202 valence electrons. The van der Waals surface area contributed by atoms with Crippen molar-refractivity contribution in [2.45, 2.75) is 52.6 Å². The Labute approximate surface area is 225 Å². The van der Waals surface area contributed by atoms with Gasteiger partial charge in [0.15, 0.2) is 0 Å². The van der Waals surface area contributed by atoms with E-state index in [2.05, 4.69) is 46.2 Å². The van der Waals surface area contributed by atoms with Gasteiger partial charge in [-0.3, -0.25) is 9.48 Å². The molecule has 2 fully saturated rings. The van der Waals surface area contributed by atoms with Gasteiger partial charge >= 0.3 is 0 Å². The summed E-state index contributed by atoms with van der Waals surface area (Å²) in [7, 11) is 1.93. The Morgan fingerprint density at radius 3 is 2.53 bits per heavy atom. The second-order valence-corrected chi connectivity index (χ2v) is 11.1. The van der Waals surface area contributed by atoms with Crippen molar-refractivity contribution in [2.75, 3.05) is 37.7 Å². The third-order valence-corrected chi connectivity index (χ3v) is 7.39. The van der Waals surface area contributed by atoms with Gasteiger partial charge in [0.05, 0.1) is 18.8 Å². The quantitative estimate of drug-likeness (QED) is 0.513. The molecule has 0 atom stereocenters. The number of hydrogen-bond donors (Lipinski definition) is 1. The highest BCUT2D eigenvalue weighted by Gasteiger charge is 2.46. The summed E-state index contributed by atoms with van der Waals surface area (Å²) in [6, 6.07) is 10.1. The summed E-state index contributed by atoms with van der Waals surface area (Å²) in [5.41, 5.74) is 4.37. The average molecular weight is 518 g/mol. The fourth-order valence-electron chi connectivity index (χ4n) is 5.48. The van der Waals surface area contributed by atoms with Crippen LogP contribution >= 0.6 is 0 Å². The summed E-state index contributed by atoms with van der Waals surface area (Å²) in [6.45, 7) is 12.4. The lowest BCUT2D eigenvalue weighted by Crippen LogP contribution is -2.67. The molecule has 2 saturated heterocycles. The molecule has 9 nitrogen and oxygen atoms in total. The van der Waals surface area contributed by atoms with E-state index in [1.165, 1.54) is 0 Å². The standard InChI is InChI=1S/C29H39N7O2/c1-20(2)19-38-24-8-6-7-23(16-24)25-17-34(5)33-26(25)18-36-14-11-30-29(27(36)37)9-12-35(13-10-29)28-31-21(3)15-22(4)32-28/h6-8,15-17,20,30H,9-14,18-19H2,1-5H3. The van der Waals surface area contributed by atoms with E-state index in [1.54, 1.807) is 0 Å². The van der Waals surface area contributed by atoms with Crippen molar-refractivity contribution >= 4 is 11.9 Å². The number of aryl methyl sites for hydroxylation is 3. The highest BCUT2D eigenvalue weighted by atomic mass is 16.5. The lowest BCUT2D eigenvalue weighted by Gasteiger charge is -2.47. The molecule has 0 aliphatic carbocycles. The Hall–Kier alpha value is -3.46. The van der Waals surface area contributed by atoms with E-state index in [4.69, 9.17) is 9.84 Å². The SMILES string of the molecule is Cc1cc(C)nc(N2CCC3(CC2)NCCN(Cc2nn(C)cc2-c2cccc(OCC(C)C)c2)C3=O)n1. The zero-order chi connectivity index (χ0) is 26.9. The molecule has 0 unspecified atom stereocenters. The summed E-state index contributed by atoms with van der Waals surface area (Å²) >= 11 is 0. The van der Waals surface area contributed by atoms with E-state index < -0.39 is 5.54 Å². The predicted octanol–water partition coefficient (Wildman–Crippen LogP) is 3.50. The number of amides is 1. The van der Waals surface area contributed by atoms with Crippen molar-refractivity contribution in [3.63, 3.8) is 0 Å². The summed E-state index contributed by atoms with van der Waals surface area (Å²) in [5.74, 6) is 2.23. The first-order chi connectivity index (χ1) is 18.2. The van der Waals surface area contributed by atoms with E-state index in [1.807, 2.05) is 54.9 Å². The fourth-order valence-corrected chi connectivity index (χ4v) is 5.48. The average Bonchev–Trinajstić information content (AvgIpc) is 3.25.